The number of hydrogen-bond donors (Lipinski definition) is 1. The lowest BCUT2D eigenvalue weighted by Crippen LogP contribution is -2.51. The summed E-state index contributed by atoms with van der Waals surface area (Å²) in [5, 5.41) is 3.00. The summed E-state index contributed by atoms with van der Waals surface area (Å²) in [5.74, 6) is 0.862. The van der Waals surface area contributed by atoms with Crippen molar-refractivity contribution in [1.29, 1.82) is 0 Å². The summed E-state index contributed by atoms with van der Waals surface area (Å²) in [7, 11) is 1.62. The van der Waals surface area contributed by atoms with Crippen LogP contribution in [0.5, 0.6) is 5.75 Å². The first-order valence-corrected chi connectivity index (χ1v) is 8.76. The van der Waals surface area contributed by atoms with Crippen LogP contribution >= 0.6 is 0 Å². The summed E-state index contributed by atoms with van der Waals surface area (Å²) >= 11 is 0. The monoisotopic (exact) mass is 356 g/mol. The van der Waals surface area contributed by atoms with E-state index < -0.39 is 5.41 Å². The van der Waals surface area contributed by atoms with Crippen molar-refractivity contribution in [2.45, 2.75) is 26.3 Å². The number of ether oxygens (including phenoxy) is 1. The maximum Gasteiger partial charge on any atom is 0.289 e. The number of carbonyl (C=O) groups is 2. The molecule has 1 atom stereocenters. The van der Waals surface area contributed by atoms with Gasteiger partial charge in [-0.25, -0.2) is 0 Å². The highest BCUT2D eigenvalue weighted by Crippen LogP contribution is 2.30. The Labute approximate surface area is 153 Å². The Kier molecular flexibility index (Phi) is 5.30. The maximum atomic E-state index is 12.8. The number of amides is 2. The number of rotatable bonds is 5. The quantitative estimate of drug-likeness (QED) is 0.894. The van der Waals surface area contributed by atoms with Crippen LogP contribution in [0.25, 0.3) is 0 Å². The van der Waals surface area contributed by atoms with Gasteiger partial charge in [0, 0.05) is 19.6 Å². The van der Waals surface area contributed by atoms with Crippen LogP contribution in [0.3, 0.4) is 0 Å². The second kappa shape index (κ2) is 7.64. The molecule has 1 aliphatic heterocycles. The Hall–Kier alpha value is -2.76. The summed E-state index contributed by atoms with van der Waals surface area (Å²) in [5.41, 5.74) is 0.361. The molecule has 1 N–H and O–H groups in total. The zero-order chi connectivity index (χ0) is 18.6. The van der Waals surface area contributed by atoms with Crippen molar-refractivity contribution >= 4 is 11.8 Å². The molecule has 0 spiro atoms. The van der Waals surface area contributed by atoms with Crippen LogP contribution in [0.4, 0.5) is 0 Å². The normalized spacial score (nSPS) is 19.8. The Bertz CT molecular complexity index is 772. The number of methoxy groups -OCH3 is 1. The predicted octanol–water partition coefficient (Wildman–Crippen LogP) is 2.85. The number of nitrogens with zero attached hydrogens (tertiary/aromatic N) is 1. The van der Waals surface area contributed by atoms with Gasteiger partial charge in [0.15, 0.2) is 5.76 Å². The number of carbonyl (C=O) groups excluding carboxylic acids is 2. The summed E-state index contributed by atoms with van der Waals surface area (Å²) in [4.78, 5) is 27.0. The molecule has 138 valence electrons. The molecular weight excluding hydrogens is 332 g/mol. The second-order valence-electron chi connectivity index (χ2n) is 6.90. The molecule has 26 heavy (non-hydrogen) atoms. The van der Waals surface area contributed by atoms with Crippen LogP contribution in [0.15, 0.2) is 47.1 Å². The van der Waals surface area contributed by atoms with E-state index in [1.165, 1.54) is 6.26 Å². The van der Waals surface area contributed by atoms with E-state index >= 15 is 0 Å². The van der Waals surface area contributed by atoms with E-state index in [2.05, 4.69) is 5.32 Å². The molecule has 0 radical (unpaired) electrons. The number of hydrogen-bond acceptors (Lipinski definition) is 4. The standard InChI is InChI=1S/C20H24N2O4/c1-20(19(24)21-13-15-6-3-7-16(12-15)25-2)9-5-10-22(14-20)18(23)17-8-4-11-26-17/h3-4,6-8,11-12H,5,9-10,13-14H2,1-2H3,(H,21,24)/t20-/m0/s1. The van der Waals surface area contributed by atoms with Crippen molar-refractivity contribution in [2.24, 2.45) is 5.41 Å². The van der Waals surface area contributed by atoms with E-state index in [0.29, 0.717) is 25.4 Å². The van der Waals surface area contributed by atoms with Gasteiger partial charge in [0.2, 0.25) is 5.91 Å². The van der Waals surface area contributed by atoms with Gasteiger partial charge in [-0.05, 0) is 49.6 Å². The third-order valence-corrected chi connectivity index (χ3v) is 4.85. The molecule has 0 bridgehead atoms. The van der Waals surface area contributed by atoms with Gasteiger partial charge < -0.3 is 19.4 Å². The molecule has 1 aromatic heterocycles. The minimum Gasteiger partial charge on any atom is -0.497 e. The smallest absolute Gasteiger partial charge is 0.289 e. The first-order valence-electron chi connectivity index (χ1n) is 8.76. The molecule has 6 heteroatoms. The average Bonchev–Trinajstić information content (AvgIpc) is 3.20. The van der Waals surface area contributed by atoms with Crippen molar-refractivity contribution in [2.75, 3.05) is 20.2 Å². The topological polar surface area (TPSA) is 71.8 Å². The molecule has 2 heterocycles. The molecule has 2 amide bonds. The van der Waals surface area contributed by atoms with Crippen LogP contribution in [-0.2, 0) is 11.3 Å². The molecule has 1 aliphatic rings. The van der Waals surface area contributed by atoms with Gasteiger partial charge >= 0.3 is 0 Å². The van der Waals surface area contributed by atoms with Crippen molar-refractivity contribution in [1.82, 2.24) is 10.2 Å². The number of nitrogens with one attached hydrogen (secondary N) is 1. The summed E-state index contributed by atoms with van der Waals surface area (Å²) < 4.78 is 10.4. The minimum absolute atomic E-state index is 0.0442. The lowest BCUT2D eigenvalue weighted by molar-refractivity contribution is -0.132. The minimum atomic E-state index is -0.612. The molecule has 3 rings (SSSR count). The predicted molar refractivity (Wildman–Crippen MR) is 96.8 cm³/mol. The van der Waals surface area contributed by atoms with E-state index in [4.69, 9.17) is 9.15 Å². The molecular formula is C20H24N2O4. The van der Waals surface area contributed by atoms with Crippen molar-refractivity contribution in [3.8, 4) is 5.75 Å². The highest BCUT2D eigenvalue weighted by atomic mass is 16.5. The fourth-order valence-corrected chi connectivity index (χ4v) is 3.33. The number of benzene rings is 1. The fraction of sp³-hybridized carbons (Fsp3) is 0.400. The first-order chi connectivity index (χ1) is 12.5. The zero-order valence-electron chi connectivity index (χ0n) is 15.2. The largest absolute Gasteiger partial charge is 0.497 e. The third kappa shape index (κ3) is 3.90. The van der Waals surface area contributed by atoms with Crippen LogP contribution in [0, 0.1) is 5.41 Å². The van der Waals surface area contributed by atoms with Gasteiger partial charge in [-0.15, -0.1) is 0 Å². The molecule has 0 aliphatic carbocycles. The summed E-state index contributed by atoms with van der Waals surface area (Å²) in [6.45, 7) is 3.36. The number of likely N-dealkylation sites (tertiary alicyclic amines) is 1. The summed E-state index contributed by atoms with van der Waals surface area (Å²) in [6, 6.07) is 10.9. The van der Waals surface area contributed by atoms with Gasteiger partial charge in [-0.1, -0.05) is 12.1 Å². The van der Waals surface area contributed by atoms with Crippen molar-refractivity contribution in [3.05, 3.63) is 54.0 Å². The van der Waals surface area contributed by atoms with Crippen LogP contribution in [0.2, 0.25) is 0 Å². The molecule has 6 nitrogen and oxygen atoms in total. The number of piperidine rings is 1. The van der Waals surface area contributed by atoms with Crippen molar-refractivity contribution < 1.29 is 18.7 Å². The van der Waals surface area contributed by atoms with Crippen LogP contribution < -0.4 is 10.1 Å². The average molecular weight is 356 g/mol. The maximum absolute atomic E-state index is 12.8. The van der Waals surface area contributed by atoms with Gasteiger partial charge in [-0.3, -0.25) is 9.59 Å². The van der Waals surface area contributed by atoms with Crippen molar-refractivity contribution in [3.63, 3.8) is 0 Å². The molecule has 2 aromatic rings. The molecule has 0 saturated carbocycles. The Morgan fingerprint density at radius 1 is 1.31 bits per heavy atom. The van der Waals surface area contributed by atoms with E-state index in [9.17, 15) is 9.59 Å². The lowest BCUT2D eigenvalue weighted by Gasteiger charge is -2.39. The summed E-state index contributed by atoms with van der Waals surface area (Å²) in [6.07, 6.45) is 3.02. The van der Waals surface area contributed by atoms with E-state index in [0.717, 1.165) is 24.2 Å². The molecule has 1 saturated heterocycles. The van der Waals surface area contributed by atoms with E-state index in [1.807, 2.05) is 31.2 Å². The van der Waals surface area contributed by atoms with Gasteiger partial charge in [0.25, 0.3) is 5.91 Å². The van der Waals surface area contributed by atoms with Gasteiger partial charge in [-0.2, -0.15) is 0 Å². The Morgan fingerprint density at radius 3 is 2.88 bits per heavy atom. The highest BCUT2D eigenvalue weighted by molar-refractivity contribution is 5.92. The van der Waals surface area contributed by atoms with Crippen LogP contribution in [-0.4, -0.2) is 36.9 Å². The molecule has 1 fully saturated rings. The van der Waals surface area contributed by atoms with Crippen LogP contribution in [0.1, 0.15) is 35.9 Å². The third-order valence-electron chi connectivity index (χ3n) is 4.85. The van der Waals surface area contributed by atoms with Gasteiger partial charge in [0.05, 0.1) is 18.8 Å². The van der Waals surface area contributed by atoms with Gasteiger partial charge in [0.1, 0.15) is 5.75 Å². The second-order valence-corrected chi connectivity index (χ2v) is 6.90. The lowest BCUT2D eigenvalue weighted by atomic mass is 9.80. The Balaban J connectivity index is 1.62. The highest BCUT2D eigenvalue weighted by Gasteiger charge is 2.39. The fourth-order valence-electron chi connectivity index (χ4n) is 3.33. The van der Waals surface area contributed by atoms with E-state index in [1.54, 1.807) is 24.1 Å². The first kappa shape index (κ1) is 18.0. The Morgan fingerprint density at radius 2 is 2.15 bits per heavy atom. The molecule has 1 aromatic carbocycles. The zero-order valence-corrected chi connectivity index (χ0v) is 15.2. The SMILES string of the molecule is COc1cccc(CNC(=O)[C@@]2(C)CCCN(C(=O)c3ccco3)C2)c1. The van der Waals surface area contributed by atoms with E-state index in [-0.39, 0.29) is 11.8 Å². The number of furan rings is 1. The molecule has 0 unspecified atom stereocenters.